The van der Waals surface area contributed by atoms with Gasteiger partial charge in [-0.25, -0.2) is 4.79 Å². The Morgan fingerprint density at radius 3 is 2.40 bits per heavy atom. The van der Waals surface area contributed by atoms with Gasteiger partial charge in [-0.2, -0.15) is 0 Å². The van der Waals surface area contributed by atoms with Crippen molar-refractivity contribution < 1.29 is 18.8 Å². The van der Waals surface area contributed by atoms with Crippen LogP contribution >= 0.6 is 0 Å². The summed E-state index contributed by atoms with van der Waals surface area (Å²) in [5.74, 6) is -0.624. The Balaban J connectivity index is 1.76. The highest BCUT2D eigenvalue weighted by atomic mass is 16.5. The minimum atomic E-state index is -0.517. The van der Waals surface area contributed by atoms with Crippen LogP contribution in [0.1, 0.15) is 32.0 Å². The molecule has 0 radical (unpaired) electrons. The largest absolute Gasteiger partial charge is 0.457 e. The lowest BCUT2D eigenvalue weighted by atomic mass is 10.1. The zero-order valence-electron chi connectivity index (χ0n) is 13.6. The van der Waals surface area contributed by atoms with Crippen LogP contribution < -0.4 is 5.73 Å². The number of amides is 1. The minimum Gasteiger partial charge on any atom is -0.457 e. The maximum Gasteiger partial charge on any atom is 0.344 e. The van der Waals surface area contributed by atoms with Gasteiger partial charge in [0.05, 0.1) is 0 Å². The molecule has 0 aliphatic rings. The van der Waals surface area contributed by atoms with E-state index in [2.05, 4.69) is 5.16 Å². The first-order chi connectivity index (χ1) is 12.1. The van der Waals surface area contributed by atoms with E-state index < -0.39 is 11.9 Å². The molecule has 1 amide bonds. The third-order valence-corrected chi connectivity index (χ3v) is 3.72. The van der Waals surface area contributed by atoms with Crippen LogP contribution in [0.2, 0.25) is 0 Å². The first-order valence-corrected chi connectivity index (χ1v) is 7.64. The molecule has 0 atom stereocenters. The second kappa shape index (κ2) is 7.00. The average molecular weight is 336 g/mol. The number of esters is 1. The molecule has 1 aromatic heterocycles. The van der Waals surface area contributed by atoms with Crippen molar-refractivity contribution in [3.05, 3.63) is 77.0 Å². The summed E-state index contributed by atoms with van der Waals surface area (Å²) in [6.07, 6.45) is 0. The van der Waals surface area contributed by atoms with Crippen molar-refractivity contribution >= 4 is 11.9 Å². The topological polar surface area (TPSA) is 95.4 Å². The molecule has 0 aliphatic heterocycles. The summed E-state index contributed by atoms with van der Waals surface area (Å²) >= 11 is 0. The van der Waals surface area contributed by atoms with E-state index in [0.717, 1.165) is 11.1 Å². The summed E-state index contributed by atoms with van der Waals surface area (Å²) in [7, 11) is 0. The van der Waals surface area contributed by atoms with Crippen LogP contribution in [0.5, 0.6) is 0 Å². The van der Waals surface area contributed by atoms with Crippen LogP contribution in [-0.2, 0) is 11.3 Å². The lowest BCUT2D eigenvalue weighted by molar-refractivity contribution is 0.0471. The first-order valence-electron chi connectivity index (χ1n) is 7.64. The van der Waals surface area contributed by atoms with Gasteiger partial charge < -0.3 is 15.0 Å². The molecule has 0 saturated heterocycles. The van der Waals surface area contributed by atoms with Crippen molar-refractivity contribution in [2.24, 2.45) is 5.73 Å². The van der Waals surface area contributed by atoms with Crippen molar-refractivity contribution in [3.63, 3.8) is 0 Å². The number of ether oxygens (including phenoxy) is 1. The number of aromatic nitrogens is 1. The number of carbonyl (C=O) groups excluding carboxylic acids is 2. The lowest BCUT2D eigenvalue weighted by Crippen LogP contribution is -2.11. The summed E-state index contributed by atoms with van der Waals surface area (Å²) in [5.41, 5.74) is 7.87. The van der Waals surface area contributed by atoms with Crippen LogP contribution in [-0.4, -0.2) is 17.0 Å². The fourth-order valence-corrected chi connectivity index (χ4v) is 2.39. The van der Waals surface area contributed by atoms with Gasteiger partial charge in [0.15, 0.2) is 0 Å². The molecule has 25 heavy (non-hydrogen) atoms. The molecule has 0 fully saturated rings. The predicted octanol–water partition coefficient (Wildman–Crippen LogP) is 3.11. The number of hydrogen-bond donors (Lipinski definition) is 1. The summed E-state index contributed by atoms with van der Waals surface area (Å²) in [6, 6.07) is 15.8. The molecule has 0 bridgehead atoms. The van der Waals surface area contributed by atoms with E-state index in [1.807, 2.05) is 30.3 Å². The first kappa shape index (κ1) is 16.4. The number of benzene rings is 2. The van der Waals surface area contributed by atoms with E-state index >= 15 is 0 Å². The van der Waals surface area contributed by atoms with Crippen LogP contribution in [0, 0.1) is 6.92 Å². The van der Waals surface area contributed by atoms with Gasteiger partial charge in [0, 0.05) is 11.1 Å². The van der Waals surface area contributed by atoms with Gasteiger partial charge in [0.1, 0.15) is 23.6 Å². The molecule has 0 saturated carbocycles. The smallest absolute Gasteiger partial charge is 0.344 e. The van der Waals surface area contributed by atoms with Crippen molar-refractivity contribution in [1.29, 1.82) is 0 Å². The highest BCUT2D eigenvalue weighted by molar-refractivity contribution is 5.97. The van der Waals surface area contributed by atoms with Crippen molar-refractivity contribution in [2.75, 3.05) is 0 Å². The van der Waals surface area contributed by atoms with Gasteiger partial charge in [-0.3, -0.25) is 4.79 Å². The van der Waals surface area contributed by atoms with E-state index in [1.165, 1.54) is 0 Å². The Hall–Kier alpha value is -3.41. The molecule has 126 valence electrons. The predicted molar refractivity (Wildman–Crippen MR) is 90.8 cm³/mol. The fourth-order valence-electron chi connectivity index (χ4n) is 2.39. The molecular weight excluding hydrogens is 320 g/mol. The second-order valence-corrected chi connectivity index (χ2v) is 5.47. The van der Waals surface area contributed by atoms with Crippen LogP contribution in [0.4, 0.5) is 0 Å². The monoisotopic (exact) mass is 336 g/mol. The maximum absolute atomic E-state index is 12.5. The fraction of sp³-hybridized carbons (Fsp3) is 0.105. The Morgan fingerprint density at radius 2 is 1.76 bits per heavy atom. The van der Waals surface area contributed by atoms with Crippen molar-refractivity contribution in [2.45, 2.75) is 13.5 Å². The number of aryl methyl sites for hydroxylation is 1. The summed E-state index contributed by atoms with van der Waals surface area (Å²) in [5, 5.41) is 3.97. The van der Waals surface area contributed by atoms with Gasteiger partial charge in [0.2, 0.25) is 5.91 Å². The van der Waals surface area contributed by atoms with E-state index in [9.17, 15) is 9.59 Å². The standard InChI is InChI=1S/C19H16N2O4/c1-12-16(17(21-25-12)14-5-3-2-4-6-14)19(23)24-11-13-7-9-15(10-8-13)18(20)22/h2-10H,11H2,1H3,(H2,20,22). The lowest BCUT2D eigenvalue weighted by Gasteiger charge is -2.06. The molecule has 3 aromatic rings. The molecular formula is C19H16N2O4. The normalized spacial score (nSPS) is 10.4. The van der Waals surface area contributed by atoms with E-state index in [4.69, 9.17) is 15.0 Å². The van der Waals surface area contributed by atoms with Crippen LogP contribution in [0.25, 0.3) is 11.3 Å². The van der Waals surface area contributed by atoms with E-state index in [-0.39, 0.29) is 6.61 Å². The molecule has 1 heterocycles. The number of primary amides is 1. The van der Waals surface area contributed by atoms with Gasteiger partial charge >= 0.3 is 5.97 Å². The molecule has 0 unspecified atom stereocenters. The van der Waals surface area contributed by atoms with Crippen molar-refractivity contribution in [3.8, 4) is 11.3 Å². The van der Waals surface area contributed by atoms with Gasteiger partial charge in [-0.1, -0.05) is 47.6 Å². The summed E-state index contributed by atoms with van der Waals surface area (Å²) in [6.45, 7) is 1.73. The van der Waals surface area contributed by atoms with Crippen LogP contribution in [0.3, 0.4) is 0 Å². The number of rotatable bonds is 5. The Bertz CT molecular complexity index is 899. The number of carbonyl (C=O) groups is 2. The molecule has 6 heteroatoms. The second-order valence-electron chi connectivity index (χ2n) is 5.47. The summed E-state index contributed by atoms with van der Waals surface area (Å²) < 4.78 is 10.5. The summed E-state index contributed by atoms with van der Waals surface area (Å²) in [4.78, 5) is 23.5. The highest BCUT2D eigenvalue weighted by Crippen LogP contribution is 2.26. The zero-order chi connectivity index (χ0) is 17.8. The van der Waals surface area contributed by atoms with E-state index in [0.29, 0.717) is 22.6 Å². The minimum absolute atomic E-state index is 0.0662. The molecule has 2 aromatic carbocycles. The molecule has 2 N–H and O–H groups in total. The Labute approximate surface area is 144 Å². The number of nitrogens with two attached hydrogens (primary N) is 1. The zero-order valence-corrected chi connectivity index (χ0v) is 13.6. The number of nitrogens with zero attached hydrogens (tertiary/aromatic N) is 1. The third kappa shape index (κ3) is 3.58. The maximum atomic E-state index is 12.5. The van der Waals surface area contributed by atoms with E-state index in [1.54, 1.807) is 31.2 Å². The molecule has 3 rings (SSSR count). The Kier molecular flexibility index (Phi) is 4.61. The Morgan fingerprint density at radius 1 is 1.08 bits per heavy atom. The molecule has 0 aliphatic carbocycles. The SMILES string of the molecule is Cc1onc(-c2ccccc2)c1C(=O)OCc1ccc(C(N)=O)cc1. The highest BCUT2D eigenvalue weighted by Gasteiger charge is 2.22. The van der Waals surface area contributed by atoms with Gasteiger partial charge in [0.25, 0.3) is 0 Å². The van der Waals surface area contributed by atoms with Crippen molar-refractivity contribution in [1.82, 2.24) is 5.16 Å². The van der Waals surface area contributed by atoms with Gasteiger partial charge in [-0.15, -0.1) is 0 Å². The van der Waals surface area contributed by atoms with Crippen LogP contribution in [0.15, 0.2) is 59.1 Å². The average Bonchev–Trinajstić information content (AvgIpc) is 3.02. The molecule has 0 spiro atoms. The third-order valence-electron chi connectivity index (χ3n) is 3.72. The quantitative estimate of drug-likeness (QED) is 0.722. The molecule has 6 nitrogen and oxygen atoms in total. The van der Waals surface area contributed by atoms with Gasteiger partial charge in [-0.05, 0) is 24.6 Å². The number of hydrogen-bond acceptors (Lipinski definition) is 5.